The molecule has 1 aliphatic heterocycles. The molecule has 1 heterocycles. The fraction of sp³-hybridized carbons (Fsp3) is 0.600. The second kappa shape index (κ2) is 5.19. The smallest absolute Gasteiger partial charge is 0.161 e. The van der Waals surface area contributed by atoms with Crippen molar-refractivity contribution in [1.29, 1.82) is 0 Å². The molecule has 1 aromatic carbocycles. The summed E-state index contributed by atoms with van der Waals surface area (Å²) >= 11 is 0. The van der Waals surface area contributed by atoms with Gasteiger partial charge in [0.25, 0.3) is 0 Å². The Morgan fingerprint density at radius 2 is 2.00 bits per heavy atom. The monoisotopic (exact) mass is 247 g/mol. The number of nitrogens with one attached hydrogen (secondary N) is 1. The second-order valence-electron chi connectivity index (χ2n) is 5.44. The van der Waals surface area contributed by atoms with E-state index in [0.717, 1.165) is 56.1 Å². The van der Waals surface area contributed by atoms with Crippen LogP contribution in [0.1, 0.15) is 25.3 Å². The van der Waals surface area contributed by atoms with Gasteiger partial charge in [-0.3, -0.25) is 0 Å². The van der Waals surface area contributed by atoms with E-state index in [0.29, 0.717) is 0 Å². The second-order valence-corrected chi connectivity index (χ2v) is 5.44. The molecular formula is C15H21NO2. The lowest BCUT2D eigenvalue weighted by atomic mass is 10.2. The molecule has 3 rings (SSSR count). The van der Waals surface area contributed by atoms with Crippen LogP contribution < -0.4 is 14.8 Å². The molecule has 0 radical (unpaired) electrons. The molecule has 1 fully saturated rings. The van der Waals surface area contributed by atoms with Crippen LogP contribution in [0.25, 0.3) is 0 Å². The van der Waals surface area contributed by atoms with Crippen molar-refractivity contribution < 1.29 is 9.47 Å². The van der Waals surface area contributed by atoms with E-state index in [1.807, 2.05) is 6.07 Å². The average molecular weight is 247 g/mol. The van der Waals surface area contributed by atoms with Crippen molar-refractivity contribution in [2.45, 2.75) is 26.3 Å². The summed E-state index contributed by atoms with van der Waals surface area (Å²) in [5, 5.41) is 3.52. The normalized spacial score (nSPS) is 25.6. The standard InChI is InChI=1S/C15H21NO2/c1-11-7-13(11)10-16-9-12-3-4-14-15(8-12)18-6-2-5-17-14/h3-4,8,11,13,16H,2,5-7,9-10H2,1H3. The van der Waals surface area contributed by atoms with E-state index in [-0.39, 0.29) is 0 Å². The van der Waals surface area contributed by atoms with E-state index >= 15 is 0 Å². The molecule has 0 aromatic heterocycles. The van der Waals surface area contributed by atoms with E-state index in [1.165, 1.54) is 12.0 Å². The zero-order valence-electron chi connectivity index (χ0n) is 10.9. The molecule has 0 bridgehead atoms. The third-order valence-corrected chi connectivity index (χ3v) is 3.82. The maximum Gasteiger partial charge on any atom is 0.161 e. The van der Waals surface area contributed by atoms with Gasteiger partial charge in [-0.25, -0.2) is 0 Å². The highest BCUT2D eigenvalue weighted by Gasteiger charge is 2.31. The SMILES string of the molecule is CC1CC1CNCc1ccc2c(c1)OCCCO2. The van der Waals surface area contributed by atoms with Gasteiger partial charge in [0.05, 0.1) is 13.2 Å². The molecule has 18 heavy (non-hydrogen) atoms. The Morgan fingerprint density at radius 1 is 1.22 bits per heavy atom. The van der Waals surface area contributed by atoms with Gasteiger partial charge in [-0.15, -0.1) is 0 Å². The van der Waals surface area contributed by atoms with Crippen LogP contribution in [-0.2, 0) is 6.54 Å². The summed E-state index contributed by atoms with van der Waals surface area (Å²) in [4.78, 5) is 0. The average Bonchev–Trinajstić information content (AvgIpc) is 3.11. The molecule has 3 heteroatoms. The first-order chi connectivity index (χ1) is 8.83. The fourth-order valence-corrected chi connectivity index (χ4v) is 2.40. The van der Waals surface area contributed by atoms with Crippen LogP contribution in [-0.4, -0.2) is 19.8 Å². The summed E-state index contributed by atoms with van der Waals surface area (Å²) in [5.41, 5.74) is 1.27. The van der Waals surface area contributed by atoms with Crippen LogP contribution in [0.5, 0.6) is 11.5 Å². The van der Waals surface area contributed by atoms with Gasteiger partial charge >= 0.3 is 0 Å². The van der Waals surface area contributed by atoms with Crippen LogP contribution >= 0.6 is 0 Å². The Bertz CT molecular complexity index is 419. The van der Waals surface area contributed by atoms with Crippen molar-refractivity contribution in [3.63, 3.8) is 0 Å². The minimum Gasteiger partial charge on any atom is -0.490 e. The summed E-state index contributed by atoms with van der Waals surface area (Å²) in [7, 11) is 0. The first-order valence-corrected chi connectivity index (χ1v) is 6.92. The number of rotatable bonds is 4. The Hall–Kier alpha value is -1.22. The Kier molecular flexibility index (Phi) is 3.41. The van der Waals surface area contributed by atoms with E-state index < -0.39 is 0 Å². The molecule has 3 nitrogen and oxygen atoms in total. The zero-order chi connectivity index (χ0) is 12.4. The predicted octanol–water partition coefficient (Wildman–Crippen LogP) is 2.59. The number of fused-ring (bicyclic) bond motifs is 1. The maximum absolute atomic E-state index is 5.69. The van der Waals surface area contributed by atoms with Crippen LogP contribution in [0.4, 0.5) is 0 Å². The number of hydrogen-bond donors (Lipinski definition) is 1. The van der Waals surface area contributed by atoms with E-state index in [4.69, 9.17) is 9.47 Å². The van der Waals surface area contributed by atoms with E-state index in [2.05, 4.69) is 24.4 Å². The molecule has 98 valence electrons. The van der Waals surface area contributed by atoms with Crippen LogP contribution in [0.15, 0.2) is 18.2 Å². The van der Waals surface area contributed by atoms with Crippen molar-refractivity contribution in [2.75, 3.05) is 19.8 Å². The van der Waals surface area contributed by atoms with Crippen molar-refractivity contribution >= 4 is 0 Å². The molecular weight excluding hydrogens is 226 g/mol. The summed E-state index contributed by atoms with van der Waals surface area (Å²) in [6.45, 7) is 5.88. The van der Waals surface area contributed by atoms with Crippen molar-refractivity contribution in [1.82, 2.24) is 5.32 Å². The van der Waals surface area contributed by atoms with Gasteiger partial charge < -0.3 is 14.8 Å². The number of hydrogen-bond acceptors (Lipinski definition) is 3. The molecule has 2 aliphatic rings. The van der Waals surface area contributed by atoms with E-state index in [1.54, 1.807) is 0 Å². The van der Waals surface area contributed by atoms with Crippen molar-refractivity contribution in [3.8, 4) is 11.5 Å². The van der Waals surface area contributed by atoms with Gasteiger partial charge in [0.2, 0.25) is 0 Å². The highest BCUT2D eigenvalue weighted by molar-refractivity contribution is 5.43. The molecule has 1 aromatic rings. The molecule has 0 saturated heterocycles. The molecule has 2 atom stereocenters. The molecule has 0 amide bonds. The lowest BCUT2D eigenvalue weighted by molar-refractivity contribution is 0.297. The predicted molar refractivity (Wildman–Crippen MR) is 71.0 cm³/mol. The van der Waals surface area contributed by atoms with E-state index in [9.17, 15) is 0 Å². The van der Waals surface area contributed by atoms with Crippen LogP contribution in [0, 0.1) is 11.8 Å². The zero-order valence-corrected chi connectivity index (χ0v) is 10.9. The van der Waals surface area contributed by atoms with Gasteiger partial charge in [-0.2, -0.15) is 0 Å². The summed E-state index contributed by atoms with van der Waals surface area (Å²) in [5.74, 6) is 3.59. The highest BCUT2D eigenvalue weighted by atomic mass is 16.5. The lowest BCUT2D eigenvalue weighted by Crippen LogP contribution is -2.16. The molecule has 0 spiro atoms. The third-order valence-electron chi connectivity index (χ3n) is 3.82. The Labute approximate surface area is 108 Å². The Morgan fingerprint density at radius 3 is 2.78 bits per heavy atom. The van der Waals surface area contributed by atoms with Gasteiger partial charge in [0.1, 0.15) is 0 Å². The maximum atomic E-state index is 5.69. The topological polar surface area (TPSA) is 30.5 Å². The molecule has 1 saturated carbocycles. The largest absolute Gasteiger partial charge is 0.490 e. The van der Waals surface area contributed by atoms with Crippen LogP contribution in [0.3, 0.4) is 0 Å². The van der Waals surface area contributed by atoms with Crippen molar-refractivity contribution in [2.24, 2.45) is 11.8 Å². The Balaban J connectivity index is 1.57. The summed E-state index contributed by atoms with van der Waals surface area (Å²) < 4.78 is 11.3. The first-order valence-electron chi connectivity index (χ1n) is 6.92. The highest BCUT2D eigenvalue weighted by Crippen LogP contribution is 2.37. The van der Waals surface area contributed by atoms with Gasteiger partial charge in [0.15, 0.2) is 11.5 Å². The summed E-state index contributed by atoms with van der Waals surface area (Å²) in [6.07, 6.45) is 2.34. The minimum absolute atomic E-state index is 0.753. The minimum atomic E-state index is 0.753. The van der Waals surface area contributed by atoms with Gasteiger partial charge in [-0.1, -0.05) is 13.0 Å². The van der Waals surface area contributed by atoms with Crippen LogP contribution in [0.2, 0.25) is 0 Å². The molecule has 1 aliphatic carbocycles. The first kappa shape index (κ1) is 11.8. The lowest BCUT2D eigenvalue weighted by Gasteiger charge is -2.10. The number of benzene rings is 1. The summed E-state index contributed by atoms with van der Waals surface area (Å²) in [6, 6.07) is 6.25. The molecule has 1 N–H and O–H groups in total. The van der Waals surface area contributed by atoms with Gasteiger partial charge in [0, 0.05) is 13.0 Å². The third kappa shape index (κ3) is 2.78. The van der Waals surface area contributed by atoms with Crippen molar-refractivity contribution in [3.05, 3.63) is 23.8 Å². The van der Waals surface area contributed by atoms with Gasteiger partial charge in [-0.05, 0) is 42.5 Å². The number of ether oxygens (including phenoxy) is 2. The quantitative estimate of drug-likeness (QED) is 0.887. The molecule has 2 unspecified atom stereocenters. The fourth-order valence-electron chi connectivity index (χ4n) is 2.40.